The first-order valence-corrected chi connectivity index (χ1v) is 10.8. The Morgan fingerprint density at radius 1 is 1.00 bits per heavy atom. The molecule has 0 unspecified atom stereocenters. The number of hydrogen-bond acceptors (Lipinski definition) is 5. The van der Waals surface area contributed by atoms with Gasteiger partial charge in [0, 0.05) is 65.4 Å². The third-order valence-corrected chi connectivity index (χ3v) is 6.27. The van der Waals surface area contributed by atoms with Crippen LogP contribution in [0.15, 0.2) is 35.3 Å². The largest absolute Gasteiger partial charge is 0.350 e. The zero-order valence-corrected chi connectivity index (χ0v) is 18.9. The summed E-state index contributed by atoms with van der Waals surface area (Å²) in [4.78, 5) is 23.7. The summed E-state index contributed by atoms with van der Waals surface area (Å²) >= 11 is 0. The molecule has 0 N–H and O–H groups in total. The Bertz CT molecular complexity index is 1500. The van der Waals surface area contributed by atoms with E-state index in [1.807, 2.05) is 19.9 Å². The molecule has 0 spiro atoms. The van der Waals surface area contributed by atoms with E-state index in [1.54, 1.807) is 26.1 Å². The van der Waals surface area contributed by atoms with Crippen molar-refractivity contribution in [3.8, 4) is 11.1 Å². The lowest BCUT2D eigenvalue weighted by atomic mass is 9.98. The molecule has 0 aliphatic carbocycles. The molecule has 4 heterocycles. The minimum Gasteiger partial charge on any atom is -0.350 e. The number of halogens is 2. The van der Waals surface area contributed by atoms with Crippen LogP contribution in [0.1, 0.15) is 33.6 Å². The van der Waals surface area contributed by atoms with Crippen LogP contribution >= 0.6 is 0 Å². The van der Waals surface area contributed by atoms with Crippen molar-refractivity contribution < 1.29 is 8.78 Å². The molecule has 0 radical (unpaired) electrons. The number of benzene rings is 1. The molecule has 0 fully saturated rings. The maximum atomic E-state index is 14.5. The van der Waals surface area contributed by atoms with Gasteiger partial charge in [-0.15, -0.1) is 5.10 Å². The van der Waals surface area contributed by atoms with Crippen molar-refractivity contribution in [2.45, 2.75) is 40.7 Å². The van der Waals surface area contributed by atoms with E-state index in [0.717, 1.165) is 22.4 Å². The van der Waals surface area contributed by atoms with Crippen molar-refractivity contribution in [1.82, 2.24) is 19.6 Å². The molecule has 0 saturated heterocycles. The lowest BCUT2D eigenvalue weighted by Gasteiger charge is -2.31. The number of nitrogens with zero attached hydrogens (tertiary/aromatic N) is 5. The average molecular weight is 447 g/mol. The van der Waals surface area contributed by atoms with Gasteiger partial charge in [0.1, 0.15) is 0 Å². The fourth-order valence-electron chi connectivity index (χ4n) is 4.42. The third-order valence-electron chi connectivity index (χ3n) is 6.27. The second-order valence-electron chi connectivity index (χ2n) is 8.65. The summed E-state index contributed by atoms with van der Waals surface area (Å²) in [6, 6.07) is 6.14. The number of hydrogen-bond donors (Lipinski definition) is 0. The average Bonchev–Trinajstić information content (AvgIpc) is 2.78. The van der Waals surface area contributed by atoms with Gasteiger partial charge in [-0.05, 0) is 57.0 Å². The molecule has 0 bridgehead atoms. The van der Waals surface area contributed by atoms with Crippen LogP contribution in [0.3, 0.4) is 0 Å². The molecule has 1 aliphatic heterocycles. The SMILES string of the molecule is Cc1cc(F)c(F)c(-c2cnc3c(c2)CN(c2nn4c(=O)cc(C)nc4c(C)c2C)CC3)c1. The van der Waals surface area contributed by atoms with E-state index in [9.17, 15) is 13.6 Å². The van der Waals surface area contributed by atoms with Crippen molar-refractivity contribution in [2.75, 3.05) is 11.4 Å². The molecule has 8 heteroatoms. The van der Waals surface area contributed by atoms with E-state index in [0.29, 0.717) is 47.8 Å². The third kappa shape index (κ3) is 3.55. The van der Waals surface area contributed by atoms with Gasteiger partial charge in [-0.2, -0.15) is 4.52 Å². The van der Waals surface area contributed by atoms with Gasteiger partial charge < -0.3 is 4.90 Å². The van der Waals surface area contributed by atoms with Crippen LogP contribution in [0.5, 0.6) is 0 Å². The second kappa shape index (κ2) is 7.72. The molecular weight excluding hydrogens is 424 g/mol. The highest BCUT2D eigenvalue weighted by atomic mass is 19.2. The van der Waals surface area contributed by atoms with Crippen molar-refractivity contribution in [1.29, 1.82) is 0 Å². The Kier molecular flexibility index (Phi) is 4.96. The molecule has 168 valence electrons. The topological polar surface area (TPSA) is 63.4 Å². The molecule has 1 aliphatic rings. The molecule has 5 rings (SSSR count). The summed E-state index contributed by atoms with van der Waals surface area (Å²) in [7, 11) is 0. The van der Waals surface area contributed by atoms with Gasteiger partial charge in [0.25, 0.3) is 5.56 Å². The molecule has 1 aromatic carbocycles. The minimum atomic E-state index is -0.875. The predicted octanol–water partition coefficient (Wildman–Crippen LogP) is 4.23. The Balaban J connectivity index is 1.57. The van der Waals surface area contributed by atoms with Crippen molar-refractivity contribution in [2.24, 2.45) is 0 Å². The fourth-order valence-corrected chi connectivity index (χ4v) is 4.42. The molecule has 3 aromatic heterocycles. The number of anilines is 1. The van der Waals surface area contributed by atoms with Crippen molar-refractivity contribution >= 4 is 11.5 Å². The van der Waals surface area contributed by atoms with E-state index in [4.69, 9.17) is 0 Å². The van der Waals surface area contributed by atoms with Crippen LogP contribution in [0.25, 0.3) is 16.8 Å². The number of pyridine rings is 1. The molecule has 0 amide bonds. The standard InChI is InChI=1S/C25H23F2N5O/c1-13-7-19(23(27)20(26)8-13)17-10-18-12-31(6-5-21(18)28-11-17)25-16(4)15(3)24-29-14(2)9-22(33)32(24)30-25/h7-11H,5-6,12H2,1-4H3. The zero-order valence-electron chi connectivity index (χ0n) is 18.9. The maximum absolute atomic E-state index is 14.5. The zero-order chi connectivity index (χ0) is 23.4. The second-order valence-corrected chi connectivity index (χ2v) is 8.65. The van der Waals surface area contributed by atoms with Crippen LogP contribution in [0.2, 0.25) is 0 Å². The fraction of sp³-hybridized carbons (Fsp3) is 0.280. The van der Waals surface area contributed by atoms with E-state index < -0.39 is 11.6 Å². The molecule has 0 atom stereocenters. The molecule has 0 saturated carbocycles. The normalized spacial score (nSPS) is 13.5. The van der Waals surface area contributed by atoms with Crippen molar-refractivity contribution in [3.63, 3.8) is 0 Å². The van der Waals surface area contributed by atoms with E-state index in [1.165, 1.54) is 16.6 Å². The summed E-state index contributed by atoms with van der Waals surface area (Å²) in [5, 5.41) is 4.63. The maximum Gasteiger partial charge on any atom is 0.274 e. The number of aromatic nitrogens is 4. The summed E-state index contributed by atoms with van der Waals surface area (Å²) in [6.45, 7) is 8.61. The van der Waals surface area contributed by atoms with E-state index >= 15 is 0 Å². The van der Waals surface area contributed by atoms with Gasteiger partial charge in [0.05, 0.1) is 0 Å². The molecule has 33 heavy (non-hydrogen) atoms. The first-order chi connectivity index (χ1) is 15.7. The Labute approximate surface area is 189 Å². The summed E-state index contributed by atoms with van der Waals surface area (Å²) < 4.78 is 29.8. The monoisotopic (exact) mass is 447 g/mol. The summed E-state index contributed by atoms with van der Waals surface area (Å²) in [5.41, 5.74) is 6.06. The van der Waals surface area contributed by atoms with Crippen LogP contribution in [0.4, 0.5) is 14.6 Å². The minimum absolute atomic E-state index is 0.198. The number of rotatable bonds is 2. The highest BCUT2D eigenvalue weighted by Crippen LogP contribution is 2.31. The smallest absolute Gasteiger partial charge is 0.274 e. The Morgan fingerprint density at radius 3 is 2.58 bits per heavy atom. The molecule has 6 nitrogen and oxygen atoms in total. The first-order valence-electron chi connectivity index (χ1n) is 10.8. The Morgan fingerprint density at radius 2 is 1.79 bits per heavy atom. The van der Waals surface area contributed by atoms with Crippen LogP contribution in [-0.2, 0) is 13.0 Å². The van der Waals surface area contributed by atoms with Crippen LogP contribution < -0.4 is 10.5 Å². The van der Waals surface area contributed by atoms with Crippen LogP contribution in [-0.4, -0.2) is 26.1 Å². The van der Waals surface area contributed by atoms with Gasteiger partial charge >= 0.3 is 0 Å². The lowest BCUT2D eigenvalue weighted by molar-refractivity contribution is 0.510. The highest BCUT2D eigenvalue weighted by Gasteiger charge is 2.23. The Hall–Kier alpha value is -3.68. The van der Waals surface area contributed by atoms with Gasteiger partial charge in [-0.3, -0.25) is 9.78 Å². The number of aryl methyl sites for hydroxylation is 3. The van der Waals surface area contributed by atoms with Crippen LogP contribution in [0, 0.1) is 39.3 Å². The summed E-state index contributed by atoms with van der Waals surface area (Å²) in [6.07, 6.45) is 2.28. The van der Waals surface area contributed by atoms with Crippen molar-refractivity contribution in [3.05, 3.63) is 86.1 Å². The number of fused-ring (bicyclic) bond motifs is 2. The first kappa shape index (κ1) is 21.2. The molecule has 4 aromatic rings. The molecular formula is C25H23F2N5O. The highest BCUT2D eigenvalue weighted by molar-refractivity contribution is 5.66. The van der Waals surface area contributed by atoms with E-state index in [-0.39, 0.29) is 11.1 Å². The summed E-state index contributed by atoms with van der Waals surface area (Å²) in [5.74, 6) is -1.04. The van der Waals surface area contributed by atoms with Gasteiger partial charge in [0.15, 0.2) is 23.1 Å². The predicted molar refractivity (Wildman–Crippen MR) is 123 cm³/mol. The van der Waals surface area contributed by atoms with Gasteiger partial charge in [-0.1, -0.05) is 0 Å². The lowest BCUT2D eigenvalue weighted by Crippen LogP contribution is -2.34. The van der Waals surface area contributed by atoms with Gasteiger partial charge in [0.2, 0.25) is 0 Å². The van der Waals surface area contributed by atoms with E-state index in [2.05, 4.69) is 20.0 Å². The van der Waals surface area contributed by atoms with Gasteiger partial charge in [-0.25, -0.2) is 13.8 Å². The quantitative estimate of drug-likeness (QED) is 0.460.